The lowest BCUT2D eigenvalue weighted by atomic mass is 9.81. The van der Waals surface area contributed by atoms with Crippen LogP contribution in [0.25, 0.3) is 0 Å². The van der Waals surface area contributed by atoms with Crippen molar-refractivity contribution in [3.05, 3.63) is 0 Å². The van der Waals surface area contributed by atoms with Gasteiger partial charge in [-0.3, -0.25) is 14.4 Å². The minimum atomic E-state index is -1.23. The van der Waals surface area contributed by atoms with E-state index >= 15 is 0 Å². The van der Waals surface area contributed by atoms with E-state index < -0.39 is 29.4 Å². The Hall–Kier alpha value is -1.52. The van der Waals surface area contributed by atoms with Crippen molar-refractivity contribution in [3.8, 4) is 0 Å². The summed E-state index contributed by atoms with van der Waals surface area (Å²) in [6.45, 7) is 0. The molecule has 0 aromatic heterocycles. The van der Waals surface area contributed by atoms with Gasteiger partial charge in [0.15, 0.2) is 11.6 Å². The van der Waals surface area contributed by atoms with Gasteiger partial charge in [-0.15, -0.1) is 0 Å². The van der Waals surface area contributed by atoms with Gasteiger partial charge in [0, 0.05) is 12.8 Å². The van der Waals surface area contributed by atoms with Crippen LogP contribution in [0.1, 0.15) is 12.8 Å². The second kappa shape index (κ2) is 3.47. The lowest BCUT2D eigenvalue weighted by Crippen LogP contribution is -2.37. The normalized spacial score (nSPS) is 28.6. The second-order valence-electron chi connectivity index (χ2n) is 2.99. The van der Waals surface area contributed by atoms with E-state index in [2.05, 4.69) is 0 Å². The number of hydrogen-bond acceptors (Lipinski definition) is 4. The number of carbonyl (C=O) groups excluding carboxylic acids is 3. The summed E-state index contributed by atoms with van der Waals surface area (Å²) >= 11 is 0. The molecule has 70 valence electrons. The molecule has 0 heterocycles. The lowest BCUT2D eigenvalue weighted by Gasteiger charge is -2.19. The molecule has 13 heavy (non-hydrogen) atoms. The van der Waals surface area contributed by atoms with Crippen molar-refractivity contribution in [1.82, 2.24) is 0 Å². The maximum Gasteiger partial charge on any atom is 0.307 e. The molecule has 0 amide bonds. The van der Waals surface area contributed by atoms with Crippen LogP contribution < -0.4 is 0 Å². The fourth-order valence-electron chi connectivity index (χ4n) is 1.32. The predicted octanol–water partition coefficient (Wildman–Crippen LogP) is -0.566. The van der Waals surface area contributed by atoms with Crippen LogP contribution >= 0.6 is 0 Å². The van der Waals surface area contributed by atoms with Crippen molar-refractivity contribution < 1.29 is 24.3 Å². The summed E-state index contributed by atoms with van der Waals surface area (Å²) in [5.74, 6) is -4.50. The summed E-state index contributed by atoms with van der Waals surface area (Å²) in [4.78, 5) is 42.8. The number of carbonyl (C=O) groups is 4. The van der Waals surface area contributed by atoms with E-state index in [0.717, 1.165) is 0 Å². The number of hydrogen-bond donors (Lipinski definition) is 1. The topological polar surface area (TPSA) is 88.5 Å². The molecule has 1 saturated carbocycles. The molecule has 1 rings (SSSR count). The van der Waals surface area contributed by atoms with Gasteiger partial charge in [-0.05, 0) is 0 Å². The first-order valence-corrected chi connectivity index (χ1v) is 3.79. The van der Waals surface area contributed by atoms with Crippen LogP contribution in [0.3, 0.4) is 0 Å². The Morgan fingerprint density at radius 2 is 1.77 bits per heavy atom. The Kier molecular flexibility index (Phi) is 2.55. The monoisotopic (exact) mass is 184 g/mol. The Labute approximate surface area is 73.7 Å². The van der Waals surface area contributed by atoms with Gasteiger partial charge in [0.2, 0.25) is 0 Å². The molecule has 5 heteroatoms. The van der Waals surface area contributed by atoms with Gasteiger partial charge in [0.05, 0.1) is 5.92 Å². The van der Waals surface area contributed by atoms with Crippen molar-refractivity contribution in [2.75, 3.05) is 0 Å². The van der Waals surface area contributed by atoms with Gasteiger partial charge in [-0.2, -0.15) is 0 Å². The first-order valence-electron chi connectivity index (χ1n) is 3.79. The van der Waals surface area contributed by atoms with Crippen LogP contribution in [0.5, 0.6) is 0 Å². The Balaban J connectivity index is 2.78. The predicted molar refractivity (Wildman–Crippen MR) is 39.9 cm³/mol. The third-order valence-corrected chi connectivity index (χ3v) is 2.07. The molecule has 0 atom stereocenters. The average molecular weight is 184 g/mol. The highest BCUT2D eigenvalue weighted by molar-refractivity contribution is 6.16. The van der Waals surface area contributed by atoms with Gasteiger partial charge in [0.25, 0.3) is 0 Å². The summed E-state index contributed by atoms with van der Waals surface area (Å²) in [5.41, 5.74) is 0. The van der Waals surface area contributed by atoms with Crippen LogP contribution in [-0.2, 0) is 19.2 Å². The lowest BCUT2D eigenvalue weighted by molar-refractivity contribution is -0.151. The van der Waals surface area contributed by atoms with E-state index in [-0.39, 0.29) is 19.1 Å². The van der Waals surface area contributed by atoms with Gasteiger partial charge < -0.3 is 9.90 Å². The summed E-state index contributed by atoms with van der Waals surface area (Å²) in [6, 6.07) is 0. The van der Waals surface area contributed by atoms with Gasteiger partial charge >= 0.3 is 5.97 Å². The molecule has 5 nitrogen and oxygen atoms in total. The van der Waals surface area contributed by atoms with Gasteiger partial charge in [0.1, 0.15) is 12.2 Å². The number of rotatable bonds is 2. The van der Waals surface area contributed by atoms with Crippen LogP contribution in [0.15, 0.2) is 0 Å². The van der Waals surface area contributed by atoms with Gasteiger partial charge in [-0.25, -0.2) is 0 Å². The van der Waals surface area contributed by atoms with Gasteiger partial charge in [-0.1, -0.05) is 0 Å². The maximum absolute atomic E-state index is 11.0. The molecule has 1 fully saturated rings. The minimum Gasteiger partial charge on any atom is -0.481 e. The fourth-order valence-corrected chi connectivity index (χ4v) is 1.32. The van der Waals surface area contributed by atoms with Crippen molar-refractivity contribution >= 4 is 23.8 Å². The molecule has 1 aliphatic rings. The van der Waals surface area contributed by atoms with Crippen molar-refractivity contribution in [1.29, 1.82) is 0 Å². The van der Waals surface area contributed by atoms with E-state index in [1.54, 1.807) is 0 Å². The Morgan fingerprint density at radius 3 is 2.08 bits per heavy atom. The molecule has 0 aromatic rings. The Morgan fingerprint density at radius 1 is 1.31 bits per heavy atom. The summed E-state index contributed by atoms with van der Waals surface area (Å²) in [7, 11) is 0. The van der Waals surface area contributed by atoms with E-state index in [1.807, 2.05) is 0 Å². The maximum atomic E-state index is 11.0. The molecule has 1 N–H and O–H groups in total. The second-order valence-corrected chi connectivity index (χ2v) is 2.99. The zero-order chi connectivity index (χ0) is 10.0. The number of carboxylic acid groups (broad SMARTS) is 1. The summed E-state index contributed by atoms with van der Waals surface area (Å²) < 4.78 is 0. The van der Waals surface area contributed by atoms with Crippen LogP contribution in [-0.4, -0.2) is 28.9 Å². The smallest absolute Gasteiger partial charge is 0.307 e. The molecule has 0 aromatic carbocycles. The molecular weight excluding hydrogens is 176 g/mol. The summed E-state index contributed by atoms with van der Waals surface area (Å²) in [6.07, 6.45) is -0.155. The summed E-state index contributed by atoms with van der Waals surface area (Å²) in [5, 5.41) is 8.54. The fraction of sp³-hybridized carbons (Fsp3) is 0.500. The van der Waals surface area contributed by atoms with E-state index in [0.29, 0.717) is 0 Å². The van der Waals surface area contributed by atoms with Crippen LogP contribution in [0.4, 0.5) is 0 Å². The molecule has 0 bridgehead atoms. The minimum absolute atomic E-state index is 0.218. The van der Waals surface area contributed by atoms with Crippen molar-refractivity contribution in [3.63, 3.8) is 0 Å². The van der Waals surface area contributed by atoms with Crippen LogP contribution in [0.2, 0.25) is 0 Å². The Bertz CT molecular complexity index is 262. The number of aldehydes is 1. The largest absolute Gasteiger partial charge is 0.481 e. The first-order chi connectivity index (χ1) is 6.06. The van der Waals surface area contributed by atoms with Crippen molar-refractivity contribution in [2.24, 2.45) is 11.8 Å². The SMILES string of the molecule is O=CC1C(=O)CC(C(=O)O)CC1=O. The highest BCUT2D eigenvalue weighted by Gasteiger charge is 2.38. The molecule has 1 aliphatic carbocycles. The molecule has 0 aliphatic heterocycles. The number of ketones is 2. The highest BCUT2D eigenvalue weighted by atomic mass is 16.4. The quantitative estimate of drug-likeness (QED) is 0.458. The molecule has 0 spiro atoms. The zero-order valence-electron chi connectivity index (χ0n) is 6.73. The molecule has 0 radical (unpaired) electrons. The van der Waals surface area contributed by atoms with E-state index in [1.165, 1.54) is 0 Å². The van der Waals surface area contributed by atoms with E-state index in [9.17, 15) is 19.2 Å². The van der Waals surface area contributed by atoms with E-state index in [4.69, 9.17) is 5.11 Å². The number of carboxylic acids is 1. The third-order valence-electron chi connectivity index (χ3n) is 2.07. The first kappa shape index (κ1) is 9.57. The number of aliphatic carboxylic acids is 1. The zero-order valence-corrected chi connectivity index (χ0v) is 6.73. The third kappa shape index (κ3) is 1.80. The number of Topliss-reactive ketones (excluding diaryl/α,β-unsaturated/α-hetero) is 2. The highest BCUT2D eigenvalue weighted by Crippen LogP contribution is 2.22. The van der Waals surface area contributed by atoms with Crippen molar-refractivity contribution in [2.45, 2.75) is 12.8 Å². The molecule has 0 unspecified atom stereocenters. The molecule has 0 saturated heterocycles. The average Bonchev–Trinajstić information content (AvgIpc) is 2.03. The standard InChI is InChI=1S/C8H8O5/c9-3-5-6(10)1-4(8(12)13)2-7(5)11/h3-5H,1-2H2,(H,12,13). The molecular formula is C8H8O5. The van der Waals surface area contributed by atoms with Crippen LogP contribution in [0, 0.1) is 11.8 Å².